The standard InChI is InChI=1S/C31H33FN4O4/c1-19-5-3-6-22(17-19)31(38)39-26-7-4-13-36-29(26)33-20(2)24(30(36)37)12-16-35-14-10-21(11-15-35)28-25-9-8-23(32)18-27(25)40-34-28/h3,5-6,8-9,17-18,21,26H,4,7,10-16H2,1-2H3. The Morgan fingerprint density at radius 1 is 1.10 bits per heavy atom. The fourth-order valence-electron chi connectivity index (χ4n) is 6.04. The van der Waals surface area contributed by atoms with E-state index in [1.165, 1.54) is 12.1 Å². The van der Waals surface area contributed by atoms with Crippen LogP contribution in [0.4, 0.5) is 4.39 Å². The second-order valence-electron chi connectivity index (χ2n) is 11.0. The zero-order valence-corrected chi connectivity index (χ0v) is 22.9. The van der Waals surface area contributed by atoms with Gasteiger partial charge in [-0.25, -0.2) is 14.2 Å². The van der Waals surface area contributed by atoms with Gasteiger partial charge in [-0.2, -0.15) is 0 Å². The van der Waals surface area contributed by atoms with Gasteiger partial charge in [0.05, 0.1) is 11.3 Å². The smallest absolute Gasteiger partial charge is 0.338 e. The van der Waals surface area contributed by atoms with Gasteiger partial charge in [0.1, 0.15) is 5.82 Å². The molecule has 9 heteroatoms. The largest absolute Gasteiger partial charge is 0.451 e. The minimum Gasteiger partial charge on any atom is -0.451 e. The first-order chi connectivity index (χ1) is 19.4. The molecule has 2 aliphatic rings. The van der Waals surface area contributed by atoms with E-state index in [0.717, 1.165) is 61.1 Å². The van der Waals surface area contributed by atoms with E-state index in [1.54, 1.807) is 22.8 Å². The Morgan fingerprint density at radius 3 is 2.73 bits per heavy atom. The lowest BCUT2D eigenvalue weighted by molar-refractivity contribution is 0.0199. The molecule has 0 N–H and O–H groups in total. The third-order valence-corrected chi connectivity index (χ3v) is 8.25. The number of halogens is 1. The number of benzene rings is 2. The molecular weight excluding hydrogens is 511 g/mol. The second-order valence-corrected chi connectivity index (χ2v) is 11.0. The predicted octanol–water partition coefficient (Wildman–Crippen LogP) is 5.25. The lowest BCUT2D eigenvalue weighted by Gasteiger charge is -2.31. The highest BCUT2D eigenvalue weighted by atomic mass is 19.1. The lowest BCUT2D eigenvalue weighted by Crippen LogP contribution is -2.38. The number of esters is 1. The van der Waals surface area contributed by atoms with E-state index in [1.807, 2.05) is 26.0 Å². The SMILES string of the molecule is Cc1cccc(C(=O)OC2CCCn3c2nc(C)c(CCN2CCC(c4noc5cc(F)ccc45)CC2)c3=O)c1. The van der Waals surface area contributed by atoms with E-state index in [0.29, 0.717) is 42.1 Å². The molecule has 208 valence electrons. The maximum atomic E-state index is 13.5. The zero-order chi connectivity index (χ0) is 27.8. The molecule has 8 nitrogen and oxygen atoms in total. The normalized spacial score (nSPS) is 18.1. The fraction of sp³-hybridized carbons (Fsp3) is 0.419. The van der Waals surface area contributed by atoms with Crippen LogP contribution in [0.2, 0.25) is 0 Å². The highest BCUT2D eigenvalue weighted by molar-refractivity contribution is 5.89. The van der Waals surface area contributed by atoms with Gasteiger partial charge < -0.3 is 14.2 Å². The number of fused-ring (bicyclic) bond motifs is 2. The Balaban J connectivity index is 1.11. The zero-order valence-electron chi connectivity index (χ0n) is 22.9. The number of rotatable bonds is 6. The van der Waals surface area contributed by atoms with Crippen LogP contribution in [0.5, 0.6) is 0 Å². The summed E-state index contributed by atoms with van der Waals surface area (Å²) in [6.45, 7) is 6.92. The van der Waals surface area contributed by atoms with Crippen molar-refractivity contribution in [2.75, 3.05) is 19.6 Å². The summed E-state index contributed by atoms with van der Waals surface area (Å²) in [4.78, 5) is 33.5. The molecule has 4 aromatic rings. The van der Waals surface area contributed by atoms with E-state index in [-0.39, 0.29) is 17.3 Å². The van der Waals surface area contributed by atoms with Crippen LogP contribution in [0.25, 0.3) is 11.0 Å². The Hall–Kier alpha value is -3.85. The highest BCUT2D eigenvalue weighted by Gasteiger charge is 2.29. The maximum Gasteiger partial charge on any atom is 0.338 e. The van der Waals surface area contributed by atoms with Crippen molar-refractivity contribution in [1.29, 1.82) is 0 Å². The summed E-state index contributed by atoms with van der Waals surface area (Å²) in [7, 11) is 0. The summed E-state index contributed by atoms with van der Waals surface area (Å²) >= 11 is 0. The molecule has 6 rings (SSSR count). The molecule has 2 aromatic carbocycles. The minimum absolute atomic E-state index is 0.0324. The van der Waals surface area contributed by atoms with Crippen LogP contribution in [0.15, 0.2) is 51.8 Å². The van der Waals surface area contributed by atoms with Crippen molar-refractivity contribution >= 4 is 16.9 Å². The third kappa shape index (κ3) is 5.18. The number of ether oxygens (including phenoxy) is 1. The molecule has 0 amide bonds. The molecule has 4 heterocycles. The van der Waals surface area contributed by atoms with Gasteiger partial charge in [-0.1, -0.05) is 22.9 Å². The van der Waals surface area contributed by atoms with E-state index < -0.39 is 12.1 Å². The van der Waals surface area contributed by atoms with E-state index >= 15 is 0 Å². The van der Waals surface area contributed by atoms with Crippen molar-refractivity contribution in [3.8, 4) is 0 Å². The molecule has 0 aliphatic carbocycles. The molecule has 2 aromatic heterocycles. The summed E-state index contributed by atoms with van der Waals surface area (Å²) in [5.74, 6) is 0.0817. The molecule has 1 atom stereocenters. The van der Waals surface area contributed by atoms with Gasteiger partial charge in [-0.15, -0.1) is 0 Å². The van der Waals surface area contributed by atoms with Gasteiger partial charge in [0.2, 0.25) is 0 Å². The number of aryl methyl sites for hydroxylation is 2. The molecule has 1 fully saturated rings. The molecule has 1 unspecified atom stereocenters. The highest BCUT2D eigenvalue weighted by Crippen LogP contribution is 2.33. The Bertz CT molecular complexity index is 1620. The maximum absolute atomic E-state index is 13.5. The molecule has 1 saturated heterocycles. The average molecular weight is 545 g/mol. The third-order valence-electron chi connectivity index (χ3n) is 8.25. The number of hydrogen-bond donors (Lipinski definition) is 0. The van der Waals surface area contributed by atoms with Crippen LogP contribution in [0.1, 0.15) is 76.4 Å². The number of nitrogens with zero attached hydrogens (tertiary/aromatic N) is 4. The van der Waals surface area contributed by atoms with Crippen molar-refractivity contribution < 1.29 is 18.4 Å². The Morgan fingerprint density at radius 2 is 1.93 bits per heavy atom. The van der Waals surface area contributed by atoms with Gasteiger partial charge >= 0.3 is 5.97 Å². The number of likely N-dealkylation sites (tertiary alicyclic amines) is 1. The first-order valence-corrected chi connectivity index (χ1v) is 14.0. The van der Waals surface area contributed by atoms with Crippen molar-refractivity contribution in [2.45, 2.75) is 64.5 Å². The Kier molecular flexibility index (Phi) is 7.23. The quantitative estimate of drug-likeness (QED) is 0.306. The average Bonchev–Trinajstić information content (AvgIpc) is 3.37. The number of carbonyl (C=O) groups excluding carboxylic acids is 1. The van der Waals surface area contributed by atoms with Crippen molar-refractivity contribution in [3.63, 3.8) is 0 Å². The number of carbonyl (C=O) groups is 1. The summed E-state index contributed by atoms with van der Waals surface area (Å²) in [6, 6.07) is 11.9. The van der Waals surface area contributed by atoms with Crippen LogP contribution < -0.4 is 5.56 Å². The Labute approximate surface area is 231 Å². The van der Waals surface area contributed by atoms with Crippen LogP contribution in [0.3, 0.4) is 0 Å². The predicted molar refractivity (Wildman–Crippen MR) is 148 cm³/mol. The van der Waals surface area contributed by atoms with Gasteiger partial charge in [0.25, 0.3) is 5.56 Å². The second kappa shape index (κ2) is 11.0. The minimum atomic E-state index is -0.537. The molecule has 0 spiro atoms. The molecule has 0 radical (unpaired) electrons. The number of aromatic nitrogens is 3. The molecule has 0 saturated carbocycles. The summed E-state index contributed by atoms with van der Waals surface area (Å²) in [6.07, 6.45) is 3.32. The topological polar surface area (TPSA) is 90.5 Å². The van der Waals surface area contributed by atoms with Crippen molar-refractivity contribution in [1.82, 2.24) is 19.6 Å². The first-order valence-electron chi connectivity index (χ1n) is 14.0. The summed E-state index contributed by atoms with van der Waals surface area (Å²) in [5, 5.41) is 5.12. The first kappa shape index (κ1) is 26.4. The van der Waals surface area contributed by atoms with Gasteiger partial charge in [0, 0.05) is 41.7 Å². The summed E-state index contributed by atoms with van der Waals surface area (Å²) < 4.78 is 26.4. The molecule has 0 bridgehead atoms. The monoisotopic (exact) mass is 544 g/mol. The number of piperidine rings is 1. The molecule has 2 aliphatic heterocycles. The van der Waals surface area contributed by atoms with Gasteiger partial charge in [-0.3, -0.25) is 9.36 Å². The van der Waals surface area contributed by atoms with Gasteiger partial charge in [0.15, 0.2) is 17.5 Å². The van der Waals surface area contributed by atoms with Crippen LogP contribution in [0, 0.1) is 19.7 Å². The number of hydrogen-bond acceptors (Lipinski definition) is 7. The van der Waals surface area contributed by atoms with Crippen LogP contribution >= 0.6 is 0 Å². The lowest BCUT2D eigenvalue weighted by atomic mass is 9.91. The van der Waals surface area contributed by atoms with Gasteiger partial charge in [-0.05, 0) is 83.3 Å². The fourth-order valence-corrected chi connectivity index (χ4v) is 6.04. The molecular formula is C31H33FN4O4. The van der Waals surface area contributed by atoms with E-state index in [2.05, 4.69) is 10.1 Å². The van der Waals surface area contributed by atoms with E-state index in [9.17, 15) is 14.0 Å². The summed E-state index contributed by atoms with van der Waals surface area (Å²) in [5.41, 5.74) is 4.27. The van der Waals surface area contributed by atoms with Crippen molar-refractivity contribution in [3.05, 3.63) is 92.5 Å². The van der Waals surface area contributed by atoms with E-state index in [4.69, 9.17) is 14.2 Å². The van der Waals surface area contributed by atoms with Crippen molar-refractivity contribution in [2.24, 2.45) is 0 Å². The van der Waals surface area contributed by atoms with Crippen LogP contribution in [-0.2, 0) is 17.7 Å². The molecule has 40 heavy (non-hydrogen) atoms. The van der Waals surface area contributed by atoms with Crippen LogP contribution in [-0.4, -0.2) is 45.2 Å².